The van der Waals surface area contributed by atoms with Gasteiger partial charge < -0.3 is 15.5 Å². The Balaban J connectivity index is 1.43. The summed E-state index contributed by atoms with van der Waals surface area (Å²) in [5, 5.41) is 9.18. The van der Waals surface area contributed by atoms with Gasteiger partial charge >= 0.3 is 0 Å². The largest absolute Gasteiger partial charge is 0.367 e. The number of hydrogen-bond acceptors (Lipinski definition) is 8. The number of rotatable bonds is 5. The third-order valence-electron chi connectivity index (χ3n) is 6.05. The Morgan fingerprint density at radius 1 is 1.15 bits per heavy atom. The second-order valence-corrected chi connectivity index (χ2v) is 10.5. The van der Waals surface area contributed by atoms with Gasteiger partial charge in [-0.3, -0.25) is 0 Å². The molecule has 0 spiro atoms. The fraction of sp³-hybridized carbons (Fsp3) is 0.435. The van der Waals surface area contributed by atoms with Gasteiger partial charge in [-0.1, -0.05) is 0 Å². The SMILES string of the molecule is CC(C)N1CCSc2c(F)cc(-c3nc(Nc4nc(C5CCNCC5)cs4)ncc3F)cc21. The Morgan fingerprint density at radius 3 is 2.76 bits per heavy atom. The zero-order valence-corrected chi connectivity index (χ0v) is 20.2. The fourth-order valence-corrected chi connectivity index (χ4v) is 6.15. The van der Waals surface area contributed by atoms with Crippen molar-refractivity contribution in [3.63, 3.8) is 0 Å². The summed E-state index contributed by atoms with van der Waals surface area (Å²) in [6.07, 6.45) is 3.25. The zero-order chi connectivity index (χ0) is 22.9. The van der Waals surface area contributed by atoms with Gasteiger partial charge in [0.15, 0.2) is 10.9 Å². The zero-order valence-electron chi connectivity index (χ0n) is 18.6. The van der Waals surface area contributed by atoms with Crippen molar-refractivity contribution in [3.8, 4) is 11.3 Å². The molecule has 3 aromatic rings. The first-order chi connectivity index (χ1) is 16.0. The molecule has 5 rings (SSSR count). The molecular weight excluding hydrogens is 462 g/mol. The molecule has 10 heteroatoms. The van der Waals surface area contributed by atoms with Crippen LogP contribution in [-0.4, -0.2) is 46.4 Å². The van der Waals surface area contributed by atoms with E-state index < -0.39 is 5.82 Å². The van der Waals surface area contributed by atoms with Crippen molar-refractivity contribution >= 4 is 39.9 Å². The number of nitrogens with zero attached hydrogens (tertiary/aromatic N) is 4. The van der Waals surface area contributed by atoms with E-state index in [2.05, 4.69) is 44.7 Å². The number of thiazole rings is 1. The van der Waals surface area contributed by atoms with E-state index in [1.54, 1.807) is 0 Å². The molecule has 0 saturated carbocycles. The number of nitrogens with one attached hydrogen (secondary N) is 2. The number of benzene rings is 1. The summed E-state index contributed by atoms with van der Waals surface area (Å²) in [6, 6.07) is 3.41. The minimum Gasteiger partial charge on any atom is -0.367 e. The number of thioether (sulfide) groups is 1. The molecule has 33 heavy (non-hydrogen) atoms. The van der Waals surface area contributed by atoms with Crippen molar-refractivity contribution in [1.82, 2.24) is 20.3 Å². The van der Waals surface area contributed by atoms with Gasteiger partial charge in [-0.05, 0) is 51.9 Å². The first-order valence-corrected chi connectivity index (χ1v) is 13.0. The molecule has 6 nitrogen and oxygen atoms in total. The summed E-state index contributed by atoms with van der Waals surface area (Å²) in [5.74, 6) is 0.574. The van der Waals surface area contributed by atoms with E-state index in [1.165, 1.54) is 29.2 Å². The minimum atomic E-state index is -0.589. The van der Waals surface area contributed by atoms with Crippen molar-refractivity contribution in [3.05, 3.63) is 41.0 Å². The van der Waals surface area contributed by atoms with Crippen LogP contribution in [0.4, 0.5) is 25.5 Å². The highest BCUT2D eigenvalue weighted by Gasteiger charge is 2.25. The predicted octanol–water partition coefficient (Wildman–Crippen LogP) is 5.41. The molecule has 1 fully saturated rings. The summed E-state index contributed by atoms with van der Waals surface area (Å²) in [6.45, 7) is 6.97. The first kappa shape index (κ1) is 22.5. The number of anilines is 3. The maximum absolute atomic E-state index is 15.0. The highest BCUT2D eigenvalue weighted by Crippen LogP contribution is 2.41. The molecule has 2 aromatic heterocycles. The molecule has 174 valence electrons. The number of piperidine rings is 1. The standard InChI is InChI=1S/C23H26F2N6S2/c1-13(2)31-7-8-32-21-16(24)9-15(10-19(21)31)20-17(25)11-27-22(29-20)30-23-28-18(12-33-23)14-3-5-26-6-4-14/h9-14,26H,3-8H2,1-2H3,(H,27,28,29,30). The first-order valence-electron chi connectivity index (χ1n) is 11.2. The number of hydrogen-bond donors (Lipinski definition) is 2. The van der Waals surface area contributed by atoms with E-state index in [-0.39, 0.29) is 23.5 Å². The van der Waals surface area contributed by atoms with Crippen LogP contribution in [0.1, 0.15) is 38.3 Å². The lowest BCUT2D eigenvalue weighted by molar-refractivity contribution is 0.455. The molecule has 0 amide bonds. The van der Waals surface area contributed by atoms with Crippen molar-refractivity contribution in [2.75, 3.05) is 35.6 Å². The second kappa shape index (κ2) is 9.52. The molecule has 0 aliphatic carbocycles. The summed E-state index contributed by atoms with van der Waals surface area (Å²) in [4.78, 5) is 15.9. The van der Waals surface area contributed by atoms with Crippen LogP contribution in [0, 0.1) is 11.6 Å². The number of halogens is 2. The third-order valence-corrected chi connectivity index (χ3v) is 7.91. The molecule has 1 aromatic carbocycles. The van der Waals surface area contributed by atoms with Crippen molar-refractivity contribution < 1.29 is 8.78 Å². The van der Waals surface area contributed by atoms with E-state index in [1.807, 2.05) is 6.07 Å². The molecule has 0 atom stereocenters. The maximum Gasteiger partial charge on any atom is 0.229 e. The highest BCUT2D eigenvalue weighted by atomic mass is 32.2. The molecular formula is C23H26F2N6S2. The number of fused-ring (bicyclic) bond motifs is 1. The van der Waals surface area contributed by atoms with E-state index in [9.17, 15) is 8.78 Å². The topological polar surface area (TPSA) is 66.0 Å². The van der Waals surface area contributed by atoms with Gasteiger partial charge in [0.1, 0.15) is 11.5 Å². The maximum atomic E-state index is 15.0. The van der Waals surface area contributed by atoms with Crippen molar-refractivity contribution in [2.24, 2.45) is 0 Å². The van der Waals surface area contributed by atoms with Gasteiger partial charge in [0, 0.05) is 35.2 Å². The number of aromatic nitrogens is 3. The Kier molecular flexibility index (Phi) is 6.49. The summed E-state index contributed by atoms with van der Waals surface area (Å²) >= 11 is 2.98. The smallest absolute Gasteiger partial charge is 0.229 e. The van der Waals surface area contributed by atoms with Crippen LogP contribution in [0.15, 0.2) is 28.6 Å². The molecule has 2 aliphatic rings. The lowest BCUT2D eigenvalue weighted by Crippen LogP contribution is -2.35. The van der Waals surface area contributed by atoms with Gasteiger partial charge in [0.2, 0.25) is 5.95 Å². The summed E-state index contributed by atoms with van der Waals surface area (Å²) in [7, 11) is 0. The average molecular weight is 489 g/mol. The molecule has 1 saturated heterocycles. The quantitative estimate of drug-likeness (QED) is 0.498. The Labute approximate surface area is 200 Å². The van der Waals surface area contributed by atoms with Gasteiger partial charge in [0.25, 0.3) is 0 Å². The Morgan fingerprint density at radius 2 is 1.97 bits per heavy atom. The van der Waals surface area contributed by atoms with Crippen LogP contribution in [0.5, 0.6) is 0 Å². The predicted molar refractivity (Wildman–Crippen MR) is 131 cm³/mol. The molecule has 2 N–H and O–H groups in total. The lowest BCUT2D eigenvalue weighted by Gasteiger charge is -2.34. The molecule has 0 unspecified atom stereocenters. The Hall–Kier alpha value is -2.30. The lowest BCUT2D eigenvalue weighted by atomic mass is 9.96. The van der Waals surface area contributed by atoms with Gasteiger partial charge in [-0.2, -0.15) is 0 Å². The minimum absolute atomic E-state index is 0.0728. The van der Waals surface area contributed by atoms with Crippen LogP contribution in [-0.2, 0) is 0 Å². The average Bonchev–Trinajstić information content (AvgIpc) is 3.29. The second-order valence-electron chi connectivity index (χ2n) is 8.56. The molecule has 0 radical (unpaired) electrons. The third kappa shape index (κ3) is 4.69. The van der Waals surface area contributed by atoms with Gasteiger partial charge in [-0.25, -0.2) is 23.7 Å². The van der Waals surface area contributed by atoms with Crippen LogP contribution < -0.4 is 15.5 Å². The summed E-state index contributed by atoms with van der Waals surface area (Å²) in [5.41, 5.74) is 2.32. The Bertz CT molecular complexity index is 1150. The van der Waals surface area contributed by atoms with E-state index in [4.69, 9.17) is 4.98 Å². The van der Waals surface area contributed by atoms with Crippen molar-refractivity contribution in [2.45, 2.75) is 43.5 Å². The van der Waals surface area contributed by atoms with Crippen LogP contribution in [0.25, 0.3) is 11.3 Å². The van der Waals surface area contributed by atoms with E-state index >= 15 is 0 Å². The van der Waals surface area contributed by atoms with Crippen LogP contribution in [0.3, 0.4) is 0 Å². The van der Waals surface area contributed by atoms with Crippen LogP contribution >= 0.6 is 23.1 Å². The fourth-order valence-electron chi connectivity index (χ4n) is 4.35. The molecule has 0 bridgehead atoms. The van der Waals surface area contributed by atoms with Gasteiger partial charge in [0.05, 0.1) is 22.5 Å². The highest BCUT2D eigenvalue weighted by molar-refractivity contribution is 7.99. The van der Waals surface area contributed by atoms with Crippen LogP contribution in [0.2, 0.25) is 0 Å². The van der Waals surface area contributed by atoms with Gasteiger partial charge in [-0.15, -0.1) is 23.1 Å². The summed E-state index contributed by atoms with van der Waals surface area (Å²) < 4.78 is 29.7. The van der Waals surface area contributed by atoms with E-state index in [0.717, 1.165) is 55.8 Å². The van der Waals surface area contributed by atoms with Crippen molar-refractivity contribution in [1.29, 1.82) is 0 Å². The molecule has 2 aliphatic heterocycles. The normalized spacial score (nSPS) is 16.8. The molecule has 4 heterocycles. The van der Waals surface area contributed by atoms with E-state index in [0.29, 0.717) is 21.5 Å². The monoisotopic (exact) mass is 488 g/mol.